The normalized spacial score (nSPS) is 20.6. The highest BCUT2D eigenvalue weighted by Crippen LogP contribution is 2.33. The van der Waals surface area contributed by atoms with Gasteiger partial charge in [0.15, 0.2) is 5.15 Å². The number of amides is 2. The van der Waals surface area contributed by atoms with Crippen molar-refractivity contribution in [3.8, 4) is 0 Å². The molecule has 2 rings (SSSR count). The molecule has 1 aromatic heterocycles. The lowest BCUT2D eigenvalue weighted by Gasteiger charge is -2.47. The minimum Gasteiger partial charge on any atom is -0.465 e. The predicted molar refractivity (Wildman–Crippen MR) is 94.6 cm³/mol. The molecule has 1 fully saturated rings. The lowest BCUT2D eigenvalue weighted by atomic mass is 9.81. The van der Waals surface area contributed by atoms with Gasteiger partial charge in [-0.1, -0.05) is 11.6 Å². The Morgan fingerprint density at radius 2 is 1.76 bits per heavy atom. The van der Waals surface area contributed by atoms with Gasteiger partial charge in [-0.2, -0.15) is 0 Å². The van der Waals surface area contributed by atoms with Gasteiger partial charge in [-0.15, -0.1) is 0 Å². The second-order valence-corrected chi connectivity index (χ2v) is 8.30. The van der Waals surface area contributed by atoms with Crippen LogP contribution in [0.4, 0.5) is 4.79 Å². The van der Waals surface area contributed by atoms with Crippen molar-refractivity contribution in [1.82, 2.24) is 20.2 Å². The van der Waals surface area contributed by atoms with Gasteiger partial charge >= 0.3 is 6.09 Å². The van der Waals surface area contributed by atoms with Gasteiger partial charge in [0.1, 0.15) is 0 Å². The lowest BCUT2D eigenvalue weighted by Crippen LogP contribution is -2.61. The molecule has 2 amide bonds. The van der Waals surface area contributed by atoms with Crippen LogP contribution in [0.2, 0.25) is 5.15 Å². The Morgan fingerprint density at radius 3 is 2.24 bits per heavy atom. The molecule has 1 aliphatic rings. The summed E-state index contributed by atoms with van der Waals surface area (Å²) < 4.78 is 0. The Balaban J connectivity index is 2.00. The van der Waals surface area contributed by atoms with Gasteiger partial charge in [-0.3, -0.25) is 9.78 Å². The lowest BCUT2D eigenvalue weighted by molar-refractivity contribution is -0.127. The summed E-state index contributed by atoms with van der Waals surface area (Å²) >= 11 is 6.06. The molecular formula is C17H25ClN4O3. The van der Waals surface area contributed by atoms with E-state index in [2.05, 4.69) is 15.3 Å². The van der Waals surface area contributed by atoms with E-state index in [9.17, 15) is 14.7 Å². The maximum atomic E-state index is 12.7. The molecule has 8 heteroatoms. The van der Waals surface area contributed by atoms with E-state index in [1.807, 2.05) is 20.8 Å². The summed E-state index contributed by atoms with van der Waals surface area (Å²) in [4.78, 5) is 33.8. The molecule has 0 spiro atoms. The van der Waals surface area contributed by atoms with Crippen molar-refractivity contribution in [3.63, 3.8) is 0 Å². The van der Waals surface area contributed by atoms with Gasteiger partial charge < -0.3 is 15.3 Å². The molecule has 25 heavy (non-hydrogen) atoms. The van der Waals surface area contributed by atoms with Crippen LogP contribution in [0.3, 0.4) is 0 Å². The Kier molecular flexibility index (Phi) is 5.27. The number of rotatable bonds is 4. The molecule has 0 radical (unpaired) electrons. The summed E-state index contributed by atoms with van der Waals surface area (Å²) in [5, 5.41) is 12.6. The number of hydrogen-bond donors (Lipinski definition) is 2. The maximum Gasteiger partial charge on any atom is 0.407 e. The molecule has 0 aliphatic heterocycles. The average Bonchev–Trinajstić information content (AvgIpc) is 2.43. The molecule has 0 aromatic carbocycles. The van der Waals surface area contributed by atoms with Crippen LogP contribution in [0.1, 0.15) is 53.2 Å². The van der Waals surface area contributed by atoms with E-state index in [4.69, 9.17) is 11.6 Å². The number of carboxylic acid groups (broad SMARTS) is 1. The number of nitrogens with one attached hydrogen (secondary N) is 1. The Bertz CT molecular complexity index is 666. The van der Waals surface area contributed by atoms with E-state index in [0.717, 1.165) is 0 Å². The fraction of sp³-hybridized carbons (Fsp3) is 0.647. The first-order valence-corrected chi connectivity index (χ1v) is 8.62. The van der Waals surface area contributed by atoms with Gasteiger partial charge in [0.05, 0.1) is 11.1 Å². The number of halogens is 1. The van der Waals surface area contributed by atoms with E-state index in [-0.39, 0.29) is 23.1 Å². The molecular weight excluding hydrogens is 344 g/mol. The minimum atomic E-state index is -0.936. The van der Waals surface area contributed by atoms with Gasteiger partial charge in [0.2, 0.25) is 5.91 Å². The summed E-state index contributed by atoms with van der Waals surface area (Å²) in [6.45, 7) is 9.09. The topological polar surface area (TPSA) is 95.4 Å². The average molecular weight is 369 g/mol. The number of hydrogen-bond acceptors (Lipinski definition) is 4. The molecule has 0 atom stereocenters. The SMILES string of the molecule is CC(C)(C(=O)NC1CC(N(C(=O)O)C(C)(C)C)C1)c1nccnc1Cl. The third-order valence-electron chi connectivity index (χ3n) is 4.56. The number of carbonyl (C=O) groups excluding carboxylic acids is 1. The first-order chi connectivity index (χ1) is 11.4. The van der Waals surface area contributed by atoms with Crippen molar-refractivity contribution in [2.45, 2.75) is 70.5 Å². The zero-order valence-corrected chi connectivity index (χ0v) is 16.0. The largest absolute Gasteiger partial charge is 0.465 e. The second-order valence-electron chi connectivity index (χ2n) is 7.94. The van der Waals surface area contributed by atoms with Crippen LogP contribution in [0.5, 0.6) is 0 Å². The van der Waals surface area contributed by atoms with Crippen LogP contribution in [0.25, 0.3) is 0 Å². The van der Waals surface area contributed by atoms with E-state index in [0.29, 0.717) is 18.5 Å². The smallest absolute Gasteiger partial charge is 0.407 e. The molecule has 1 aliphatic carbocycles. The Hall–Kier alpha value is -1.89. The van der Waals surface area contributed by atoms with Crippen molar-refractivity contribution in [2.75, 3.05) is 0 Å². The molecule has 0 bridgehead atoms. The quantitative estimate of drug-likeness (QED) is 0.851. The monoisotopic (exact) mass is 368 g/mol. The van der Waals surface area contributed by atoms with Crippen LogP contribution in [0.15, 0.2) is 12.4 Å². The molecule has 1 heterocycles. The van der Waals surface area contributed by atoms with Crippen molar-refractivity contribution in [2.24, 2.45) is 0 Å². The fourth-order valence-electron chi connectivity index (χ4n) is 3.12. The van der Waals surface area contributed by atoms with E-state index in [1.54, 1.807) is 13.8 Å². The summed E-state index contributed by atoms with van der Waals surface area (Å²) in [6, 6.07) is -0.151. The number of aromatic nitrogens is 2. The molecule has 7 nitrogen and oxygen atoms in total. The van der Waals surface area contributed by atoms with Gasteiger partial charge in [0, 0.05) is 30.0 Å². The van der Waals surface area contributed by atoms with Gasteiger partial charge in [-0.05, 0) is 47.5 Å². The third kappa shape index (κ3) is 4.03. The highest BCUT2D eigenvalue weighted by atomic mass is 35.5. The summed E-state index contributed by atoms with van der Waals surface area (Å²) in [7, 11) is 0. The van der Waals surface area contributed by atoms with E-state index < -0.39 is 17.0 Å². The zero-order valence-electron chi connectivity index (χ0n) is 15.2. The summed E-state index contributed by atoms with van der Waals surface area (Å²) in [5.74, 6) is -0.198. The minimum absolute atomic E-state index is 0.0589. The number of carbonyl (C=O) groups is 2. The van der Waals surface area contributed by atoms with E-state index >= 15 is 0 Å². The summed E-state index contributed by atoms with van der Waals surface area (Å²) in [6.07, 6.45) is 3.24. The molecule has 2 N–H and O–H groups in total. The maximum absolute atomic E-state index is 12.7. The molecule has 0 saturated heterocycles. The van der Waals surface area contributed by atoms with Crippen LogP contribution >= 0.6 is 11.6 Å². The van der Waals surface area contributed by atoms with Crippen LogP contribution in [0, 0.1) is 0 Å². The first-order valence-electron chi connectivity index (χ1n) is 8.24. The molecule has 138 valence electrons. The van der Waals surface area contributed by atoms with Crippen molar-refractivity contribution in [1.29, 1.82) is 0 Å². The van der Waals surface area contributed by atoms with Crippen molar-refractivity contribution < 1.29 is 14.7 Å². The van der Waals surface area contributed by atoms with Gasteiger partial charge in [0.25, 0.3) is 0 Å². The standard InChI is InChI=1S/C17H25ClN4O3/c1-16(2,3)22(15(24)25)11-8-10(9-11)21-14(23)17(4,5)12-13(18)20-7-6-19-12/h6-7,10-11H,8-9H2,1-5H3,(H,21,23)(H,24,25). The van der Waals surface area contributed by atoms with Crippen LogP contribution in [-0.4, -0.2) is 49.6 Å². The van der Waals surface area contributed by atoms with Crippen molar-refractivity contribution in [3.05, 3.63) is 23.2 Å². The number of nitrogens with zero attached hydrogens (tertiary/aromatic N) is 3. The third-order valence-corrected chi connectivity index (χ3v) is 4.83. The summed E-state index contributed by atoms with van der Waals surface area (Å²) in [5.41, 5.74) is -0.975. The molecule has 1 saturated carbocycles. The van der Waals surface area contributed by atoms with Crippen LogP contribution in [-0.2, 0) is 10.2 Å². The highest BCUT2D eigenvalue weighted by molar-refractivity contribution is 6.30. The van der Waals surface area contributed by atoms with Crippen LogP contribution < -0.4 is 5.32 Å². The van der Waals surface area contributed by atoms with Crippen molar-refractivity contribution >= 4 is 23.6 Å². The van der Waals surface area contributed by atoms with E-state index in [1.165, 1.54) is 17.3 Å². The van der Waals surface area contributed by atoms with Gasteiger partial charge in [-0.25, -0.2) is 9.78 Å². The second kappa shape index (κ2) is 6.78. The molecule has 1 aromatic rings. The molecule has 0 unspecified atom stereocenters. The highest BCUT2D eigenvalue weighted by Gasteiger charge is 2.43. The first kappa shape index (κ1) is 19.4. The Morgan fingerprint density at radius 1 is 1.20 bits per heavy atom. The zero-order chi connectivity index (χ0) is 19.0. The Labute approximate surface area is 152 Å². The fourth-order valence-corrected chi connectivity index (χ4v) is 3.46. The predicted octanol–water partition coefficient (Wildman–Crippen LogP) is 2.83.